The normalized spacial score (nSPS) is 14.3. The molecule has 0 fully saturated rings. The van der Waals surface area contributed by atoms with Crippen molar-refractivity contribution in [2.75, 3.05) is 30.0 Å². The molecule has 0 saturated carbocycles. The van der Waals surface area contributed by atoms with Gasteiger partial charge in [-0.2, -0.15) is 5.10 Å². The Morgan fingerprint density at radius 1 is 1.23 bits per heavy atom. The Bertz CT molecular complexity index is 1250. The number of nitrogens with zero attached hydrogens (tertiary/aromatic N) is 4. The molecular formula is C26H31ClN4O4. The van der Waals surface area contributed by atoms with Crippen molar-refractivity contribution in [2.45, 2.75) is 46.6 Å². The second kappa shape index (κ2) is 9.53. The van der Waals surface area contributed by atoms with E-state index in [1.54, 1.807) is 39.7 Å². The van der Waals surface area contributed by atoms with Crippen LogP contribution in [0.5, 0.6) is 5.75 Å². The van der Waals surface area contributed by atoms with Crippen molar-refractivity contribution in [3.63, 3.8) is 0 Å². The fourth-order valence-corrected chi connectivity index (χ4v) is 4.12. The molecule has 1 aromatic heterocycles. The van der Waals surface area contributed by atoms with Gasteiger partial charge in [-0.3, -0.25) is 4.79 Å². The zero-order valence-corrected chi connectivity index (χ0v) is 21.6. The molecule has 186 valence electrons. The smallest absolute Gasteiger partial charge is 0.258 e. The molecule has 1 amide bonds. The summed E-state index contributed by atoms with van der Waals surface area (Å²) in [5.74, 6) is 0.402. The first kappa shape index (κ1) is 25.0. The summed E-state index contributed by atoms with van der Waals surface area (Å²) < 4.78 is 13.3. The average molecular weight is 499 g/mol. The van der Waals surface area contributed by atoms with Gasteiger partial charge in [-0.15, -0.1) is 0 Å². The number of benzene rings is 2. The van der Waals surface area contributed by atoms with E-state index in [9.17, 15) is 9.90 Å². The Hall–Kier alpha value is -3.07. The van der Waals surface area contributed by atoms with Crippen molar-refractivity contribution in [2.24, 2.45) is 0 Å². The van der Waals surface area contributed by atoms with Crippen LogP contribution in [0.25, 0.3) is 5.69 Å². The van der Waals surface area contributed by atoms with E-state index in [1.165, 1.54) is 0 Å². The van der Waals surface area contributed by atoms with Crippen LogP contribution in [0, 0.1) is 13.8 Å². The minimum Gasteiger partial charge on any atom is -0.489 e. The Balaban J connectivity index is 1.58. The van der Waals surface area contributed by atoms with E-state index in [0.717, 1.165) is 17.1 Å². The third kappa shape index (κ3) is 5.15. The second-order valence-electron chi connectivity index (χ2n) is 9.56. The lowest BCUT2D eigenvalue weighted by molar-refractivity contribution is -0.166. The summed E-state index contributed by atoms with van der Waals surface area (Å²) in [5, 5.41) is 15.7. The Morgan fingerprint density at radius 3 is 2.63 bits per heavy atom. The van der Waals surface area contributed by atoms with Crippen molar-refractivity contribution < 1.29 is 19.4 Å². The Kier molecular flexibility index (Phi) is 6.81. The highest BCUT2D eigenvalue weighted by atomic mass is 35.5. The Labute approximate surface area is 210 Å². The number of aliphatic hydroxyl groups is 1. The van der Waals surface area contributed by atoms with E-state index in [4.69, 9.17) is 21.1 Å². The third-order valence-corrected chi connectivity index (χ3v) is 6.35. The first-order valence-corrected chi connectivity index (χ1v) is 11.8. The molecule has 2 heterocycles. The maximum Gasteiger partial charge on any atom is 0.258 e. The van der Waals surface area contributed by atoms with E-state index < -0.39 is 12.0 Å². The van der Waals surface area contributed by atoms with Gasteiger partial charge in [-0.05, 0) is 65.0 Å². The van der Waals surface area contributed by atoms with Crippen molar-refractivity contribution >= 4 is 28.9 Å². The predicted molar refractivity (Wildman–Crippen MR) is 137 cm³/mol. The van der Waals surface area contributed by atoms with E-state index in [0.29, 0.717) is 40.9 Å². The third-order valence-electron chi connectivity index (χ3n) is 5.80. The molecular weight excluding hydrogens is 468 g/mol. The van der Waals surface area contributed by atoms with Gasteiger partial charge in [0, 0.05) is 24.4 Å². The molecule has 8 nitrogen and oxygen atoms in total. The molecule has 3 aromatic rings. The topological polar surface area (TPSA) is 80.1 Å². The molecule has 1 unspecified atom stereocenters. The summed E-state index contributed by atoms with van der Waals surface area (Å²) in [6.07, 6.45) is -1.10. The first-order chi connectivity index (χ1) is 16.5. The number of rotatable bonds is 5. The number of aliphatic hydroxyl groups excluding tert-OH is 1. The molecule has 1 atom stereocenters. The molecule has 1 N–H and O–H groups in total. The zero-order valence-electron chi connectivity index (χ0n) is 20.9. The van der Waals surface area contributed by atoms with Crippen molar-refractivity contribution in [3.05, 3.63) is 64.4 Å². The SMILES string of the molecule is Cc1nn(-c2cccc(C(=O)N(C)c3ccc4c(c3)OCCN4C(O)OC(C)(C)C)c2)c(C)c1Cl. The lowest BCUT2D eigenvalue weighted by Gasteiger charge is -2.37. The number of aryl methyl sites for hydroxylation is 1. The average Bonchev–Trinajstić information content (AvgIpc) is 3.08. The van der Waals surface area contributed by atoms with Crippen molar-refractivity contribution in [1.29, 1.82) is 0 Å². The van der Waals surface area contributed by atoms with Gasteiger partial charge in [-0.25, -0.2) is 4.68 Å². The van der Waals surface area contributed by atoms with Crippen LogP contribution in [0.1, 0.15) is 42.5 Å². The number of aromatic nitrogens is 2. The molecule has 0 bridgehead atoms. The molecule has 4 rings (SSSR count). The van der Waals surface area contributed by atoms with Gasteiger partial charge in [0.1, 0.15) is 12.4 Å². The molecule has 9 heteroatoms. The van der Waals surface area contributed by atoms with Gasteiger partial charge in [0.15, 0.2) is 0 Å². The highest BCUT2D eigenvalue weighted by Gasteiger charge is 2.28. The summed E-state index contributed by atoms with van der Waals surface area (Å²) in [4.78, 5) is 16.7. The fourth-order valence-electron chi connectivity index (χ4n) is 4.00. The zero-order chi connectivity index (χ0) is 25.5. The van der Waals surface area contributed by atoms with Crippen LogP contribution in [0.2, 0.25) is 5.02 Å². The van der Waals surface area contributed by atoms with Crippen molar-refractivity contribution in [1.82, 2.24) is 9.78 Å². The minimum atomic E-state index is -1.10. The van der Waals surface area contributed by atoms with Gasteiger partial charge >= 0.3 is 0 Å². The summed E-state index contributed by atoms with van der Waals surface area (Å²) in [5.41, 5.74) is 3.70. The maximum absolute atomic E-state index is 13.3. The van der Waals surface area contributed by atoms with Crippen LogP contribution >= 0.6 is 11.6 Å². The maximum atomic E-state index is 13.3. The standard InChI is InChI=1S/C26H31ClN4O4/c1-16-23(27)17(2)31(28-16)20-9-7-8-18(14-20)24(32)29(6)19-10-11-21-22(15-19)34-13-12-30(21)25(33)35-26(3,4)5/h7-11,14-15,25,33H,12-13H2,1-6H3. The lowest BCUT2D eigenvalue weighted by Crippen LogP contribution is -2.45. The monoisotopic (exact) mass is 498 g/mol. The van der Waals surface area contributed by atoms with Gasteiger partial charge in [0.25, 0.3) is 5.91 Å². The van der Waals surface area contributed by atoms with E-state index in [1.807, 2.05) is 58.9 Å². The molecule has 0 saturated heterocycles. The van der Waals surface area contributed by atoms with Crippen LogP contribution in [0.15, 0.2) is 42.5 Å². The van der Waals surface area contributed by atoms with Crippen LogP contribution in [-0.4, -0.2) is 53.0 Å². The van der Waals surface area contributed by atoms with E-state index >= 15 is 0 Å². The molecule has 2 aromatic carbocycles. The number of carbonyl (C=O) groups is 1. The number of ether oxygens (including phenoxy) is 2. The molecule has 0 aliphatic carbocycles. The molecule has 35 heavy (non-hydrogen) atoms. The predicted octanol–water partition coefficient (Wildman–Crippen LogP) is 4.71. The van der Waals surface area contributed by atoms with Crippen LogP contribution in [-0.2, 0) is 4.74 Å². The number of amides is 1. The molecule has 1 aliphatic rings. The van der Waals surface area contributed by atoms with Gasteiger partial charge < -0.3 is 24.4 Å². The van der Waals surface area contributed by atoms with E-state index in [2.05, 4.69) is 5.10 Å². The van der Waals surface area contributed by atoms with Crippen LogP contribution in [0.3, 0.4) is 0 Å². The van der Waals surface area contributed by atoms with E-state index in [-0.39, 0.29) is 5.91 Å². The minimum absolute atomic E-state index is 0.178. The largest absolute Gasteiger partial charge is 0.489 e. The number of halogens is 1. The summed E-state index contributed by atoms with van der Waals surface area (Å²) in [6.45, 7) is 10.3. The van der Waals surface area contributed by atoms with Gasteiger partial charge in [0.05, 0.1) is 39.9 Å². The van der Waals surface area contributed by atoms with Crippen LogP contribution in [0.4, 0.5) is 11.4 Å². The number of fused-ring (bicyclic) bond motifs is 1. The second-order valence-corrected chi connectivity index (χ2v) is 9.94. The molecule has 0 spiro atoms. The number of hydrogen-bond donors (Lipinski definition) is 1. The summed E-state index contributed by atoms with van der Waals surface area (Å²) in [6, 6.07) is 12.7. The number of carbonyl (C=O) groups excluding carboxylic acids is 1. The fraction of sp³-hybridized carbons (Fsp3) is 0.385. The summed E-state index contributed by atoms with van der Waals surface area (Å²) in [7, 11) is 1.72. The van der Waals surface area contributed by atoms with Crippen LogP contribution < -0.4 is 14.5 Å². The lowest BCUT2D eigenvalue weighted by atomic mass is 10.1. The number of anilines is 2. The quantitative estimate of drug-likeness (QED) is 0.513. The first-order valence-electron chi connectivity index (χ1n) is 11.5. The number of hydrogen-bond acceptors (Lipinski definition) is 6. The van der Waals surface area contributed by atoms with Gasteiger partial charge in [-0.1, -0.05) is 17.7 Å². The molecule has 1 aliphatic heterocycles. The van der Waals surface area contributed by atoms with Gasteiger partial charge in [0.2, 0.25) is 6.41 Å². The molecule has 0 radical (unpaired) electrons. The van der Waals surface area contributed by atoms with Crippen molar-refractivity contribution in [3.8, 4) is 11.4 Å². The summed E-state index contributed by atoms with van der Waals surface area (Å²) >= 11 is 6.30. The Morgan fingerprint density at radius 2 is 1.97 bits per heavy atom. The highest BCUT2D eigenvalue weighted by Crippen LogP contribution is 2.37. The highest BCUT2D eigenvalue weighted by molar-refractivity contribution is 6.31.